The summed E-state index contributed by atoms with van der Waals surface area (Å²) >= 11 is 0. The highest BCUT2D eigenvalue weighted by Gasteiger charge is 2.03. The van der Waals surface area contributed by atoms with Gasteiger partial charge in [-0.05, 0) is 26.3 Å². The minimum atomic E-state index is -0.161. The van der Waals surface area contributed by atoms with Crippen molar-refractivity contribution in [2.24, 2.45) is 5.73 Å². The molecule has 0 aliphatic carbocycles. The van der Waals surface area contributed by atoms with Crippen molar-refractivity contribution in [3.05, 3.63) is 0 Å². The Morgan fingerprint density at radius 1 is 1.43 bits per heavy atom. The average Bonchev–Trinajstić information content (AvgIpc) is 2.17. The summed E-state index contributed by atoms with van der Waals surface area (Å²) in [6.07, 6.45) is 9.84. The highest BCUT2D eigenvalue weighted by Crippen LogP contribution is 2.02. The lowest BCUT2D eigenvalue weighted by Gasteiger charge is -2.06. The fourth-order valence-electron chi connectivity index (χ4n) is 1.14. The summed E-state index contributed by atoms with van der Waals surface area (Å²) in [4.78, 5) is 11.2. The molecule has 0 spiro atoms. The summed E-state index contributed by atoms with van der Waals surface area (Å²) in [5, 5.41) is 2.72. The zero-order chi connectivity index (χ0) is 10.8. The van der Waals surface area contributed by atoms with E-state index < -0.39 is 0 Å². The van der Waals surface area contributed by atoms with Gasteiger partial charge in [0.1, 0.15) is 0 Å². The molecule has 80 valence electrons. The number of nitrogens with one attached hydrogen (secondary N) is 1. The molecule has 0 aromatic heterocycles. The van der Waals surface area contributed by atoms with E-state index in [1.807, 2.05) is 0 Å². The SMILES string of the molecule is C#CC(C)NC(=O)CCCCCCN. The van der Waals surface area contributed by atoms with Crippen LogP contribution in [0, 0.1) is 12.3 Å². The second-order valence-electron chi connectivity index (χ2n) is 3.41. The molecule has 3 heteroatoms. The van der Waals surface area contributed by atoms with Crippen LogP contribution < -0.4 is 11.1 Å². The minimum absolute atomic E-state index is 0.0446. The van der Waals surface area contributed by atoms with Gasteiger partial charge in [-0.3, -0.25) is 4.79 Å². The lowest BCUT2D eigenvalue weighted by atomic mass is 10.1. The standard InChI is InChI=1S/C11H20N2O/c1-3-10(2)13-11(14)8-6-4-5-7-9-12/h1,10H,4-9,12H2,2H3,(H,13,14). The lowest BCUT2D eigenvalue weighted by Crippen LogP contribution is -2.30. The van der Waals surface area contributed by atoms with E-state index >= 15 is 0 Å². The van der Waals surface area contributed by atoms with Crippen molar-refractivity contribution in [1.29, 1.82) is 0 Å². The van der Waals surface area contributed by atoms with E-state index in [2.05, 4.69) is 11.2 Å². The Labute approximate surface area is 86.4 Å². The highest BCUT2D eigenvalue weighted by molar-refractivity contribution is 5.76. The van der Waals surface area contributed by atoms with E-state index in [0.29, 0.717) is 6.42 Å². The number of amides is 1. The maximum Gasteiger partial charge on any atom is 0.220 e. The van der Waals surface area contributed by atoms with Crippen molar-refractivity contribution in [2.45, 2.75) is 45.1 Å². The van der Waals surface area contributed by atoms with Crippen LogP contribution in [0.5, 0.6) is 0 Å². The summed E-state index contributed by atoms with van der Waals surface area (Å²) in [6, 6.07) is -0.161. The van der Waals surface area contributed by atoms with Crippen molar-refractivity contribution < 1.29 is 4.79 Å². The van der Waals surface area contributed by atoms with Crippen LogP contribution in [-0.2, 0) is 4.79 Å². The molecule has 0 aromatic rings. The summed E-state index contributed by atoms with van der Waals surface area (Å²) in [5.74, 6) is 2.50. The molecule has 0 aliphatic heterocycles. The van der Waals surface area contributed by atoms with Gasteiger partial charge in [0.2, 0.25) is 5.91 Å². The third-order valence-electron chi connectivity index (χ3n) is 1.99. The van der Waals surface area contributed by atoms with Gasteiger partial charge in [0.15, 0.2) is 0 Å². The van der Waals surface area contributed by atoms with E-state index in [-0.39, 0.29) is 11.9 Å². The molecule has 1 atom stereocenters. The van der Waals surface area contributed by atoms with Crippen LogP contribution in [0.15, 0.2) is 0 Å². The smallest absolute Gasteiger partial charge is 0.220 e. The minimum Gasteiger partial charge on any atom is -0.343 e. The molecule has 0 heterocycles. The number of terminal acetylenes is 1. The van der Waals surface area contributed by atoms with Gasteiger partial charge < -0.3 is 11.1 Å². The van der Waals surface area contributed by atoms with E-state index in [0.717, 1.165) is 32.2 Å². The van der Waals surface area contributed by atoms with Gasteiger partial charge >= 0.3 is 0 Å². The van der Waals surface area contributed by atoms with Gasteiger partial charge in [0.05, 0.1) is 6.04 Å². The van der Waals surface area contributed by atoms with E-state index in [1.165, 1.54) is 0 Å². The lowest BCUT2D eigenvalue weighted by molar-refractivity contribution is -0.121. The fourth-order valence-corrected chi connectivity index (χ4v) is 1.14. The van der Waals surface area contributed by atoms with Crippen molar-refractivity contribution >= 4 is 5.91 Å². The predicted octanol–water partition coefficient (Wildman–Crippen LogP) is 1.03. The van der Waals surface area contributed by atoms with Gasteiger partial charge in [-0.15, -0.1) is 6.42 Å². The Kier molecular flexibility index (Phi) is 7.96. The zero-order valence-electron chi connectivity index (χ0n) is 8.88. The van der Waals surface area contributed by atoms with Gasteiger partial charge in [-0.2, -0.15) is 0 Å². The second kappa shape index (κ2) is 8.58. The topological polar surface area (TPSA) is 55.1 Å². The van der Waals surface area contributed by atoms with Gasteiger partial charge in [-0.1, -0.05) is 18.8 Å². The highest BCUT2D eigenvalue weighted by atomic mass is 16.1. The second-order valence-corrected chi connectivity index (χ2v) is 3.41. The summed E-state index contributed by atoms with van der Waals surface area (Å²) in [5.41, 5.74) is 5.35. The van der Waals surface area contributed by atoms with Crippen molar-refractivity contribution in [3.63, 3.8) is 0 Å². The summed E-state index contributed by atoms with van der Waals surface area (Å²) in [6.45, 7) is 2.53. The summed E-state index contributed by atoms with van der Waals surface area (Å²) < 4.78 is 0. The number of carbonyl (C=O) groups is 1. The maximum absolute atomic E-state index is 11.2. The van der Waals surface area contributed by atoms with Crippen molar-refractivity contribution in [3.8, 4) is 12.3 Å². The Morgan fingerprint density at radius 3 is 2.64 bits per heavy atom. The molecular weight excluding hydrogens is 176 g/mol. The normalized spacial score (nSPS) is 11.8. The molecule has 0 rings (SSSR count). The molecule has 0 radical (unpaired) electrons. The van der Waals surface area contributed by atoms with E-state index in [1.54, 1.807) is 6.92 Å². The predicted molar refractivity (Wildman–Crippen MR) is 58.6 cm³/mol. The monoisotopic (exact) mass is 196 g/mol. The first-order valence-electron chi connectivity index (χ1n) is 5.16. The number of nitrogens with two attached hydrogens (primary N) is 1. The van der Waals surface area contributed by atoms with Crippen LogP contribution in [0.4, 0.5) is 0 Å². The van der Waals surface area contributed by atoms with Crippen molar-refractivity contribution in [1.82, 2.24) is 5.32 Å². The zero-order valence-corrected chi connectivity index (χ0v) is 8.88. The largest absolute Gasteiger partial charge is 0.343 e. The third-order valence-corrected chi connectivity index (χ3v) is 1.99. The number of carbonyl (C=O) groups excluding carboxylic acids is 1. The van der Waals surface area contributed by atoms with Gasteiger partial charge in [0, 0.05) is 6.42 Å². The first-order chi connectivity index (χ1) is 6.70. The Bertz CT molecular complexity index is 196. The molecule has 14 heavy (non-hydrogen) atoms. The summed E-state index contributed by atoms with van der Waals surface area (Å²) in [7, 11) is 0. The Morgan fingerprint density at radius 2 is 2.07 bits per heavy atom. The quantitative estimate of drug-likeness (QED) is 0.472. The molecular formula is C11H20N2O. The van der Waals surface area contributed by atoms with Gasteiger partial charge in [-0.25, -0.2) is 0 Å². The first kappa shape index (κ1) is 13.0. The Hall–Kier alpha value is -1.01. The number of rotatable bonds is 7. The van der Waals surface area contributed by atoms with Crippen LogP contribution in [0.2, 0.25) is 0 Å². The molecule has 0 saturated heterocycles. The molecule has 0 aliphatic rings. The van der Waals surface area contributed by atoms with E-state index in [4.69, 9.17) is 12.2 Å². The third kappa shape index (κ3) is 7.63. The molecule has 3 N–H and O–H groups in total. The van der Waals surface area contributed by atoms with E-state index in [9.17, 15) is 4.79 Å². The van der Waals surface area contributed by atoms with Crippen LogP contribution >= 0.6 is 0 Å². The molecule has 0 saturated carbocycles. The van der Waals surface area contributed by atoms with Crippen LogP contribution in [0.1, 0.15) is 39.0 Å². The fraction of sp³-hybridized carbons (Fsp3) is 0.727. The van der Waals surface area contributed by atoms with Crippen LogP contribution in [0.3, 0.4) is 0 Å². The molecule has 1 amide bonds. The van der Waals surface area contributed by atoms with Gasteiger partial charge in [0.25, 0.3) is 0 Å². The molecule has 0 aromatic carbocycles. The number of hydrogen-bond donors (Lipinski definition) is 2. The molecule has 3 nitrogen and oxygen atoms in total. The Balaban J connectivity index is 3.32. The van der Waals surface area contributed by atoms with Crippen molar-refractivity contribution in [2.75, 3.05) is 6.54 Å². The molecule has 0 fully saturated rings. The average molecular weight is 196 g/mol. The maximum atomic E-state index is 11.2. The first-order valence-corrected chi connectivity index (χ1v) is 5.16. The molecule has 0 bridgehead atoms. The molecule has 1 unspecified atom stereocenters. The number of unbranched alkanes of at least 4 members (excludes halogenated alkanes) is 3. The van der Waals surface area contributed by atoms with Crippen LogP contribution in [0.25, 0.3) is 0 Å². The van der Waals surface area contributed by atoms with Crippen LogP contribution in [-0.4, -0.2) is 18.5 Å². The number of hydrogen-bond acceptors (Lipinski definition) is 2.